The number of carbonyl (C=O) groups is 2. The van der Waals surface area contributed by atoms with Gasteiger partial charge in [-0.05, 0) is 104 Å². The average Bonchev–Trinajstić information content (AvgIpc) is 3.25. The quantitative estimate of drug-likeness (QED) is 0.144. The van der Waals surface area contributed by atoms with Gasteiger partial charge in [0.05, 0.1) is 17.3 Å². The lowest BCUT2D eigenvalue weighted by atomic mass is 9.55. The van der Waals surface area contributed by atoms with Gasteiger partial charge in [-0.3, -0.25) is 9.59 Å². The third kappa shape index (κ3) is 6.54. The Hall–Kier alpha value is -2.71. The molecule has 1 amide bonds. The first-order chi connectivity index (χ1) is 19.6. The monoisotopic (exact) mass is 578 g/mol. The fourth-order valence-corrected chi connectivity index (χ4v) is 8.19. The lowest BCUT2D eigenvalue weighted by molar-refractivity contribution is -0.139. The summed E-state index contributed by atoms with van der Waals surface area (Å²) >= 11 is 0.911. The van der Waals surface area contributed by atoms with Crippen LogP contribution in [-0.2, 0) is 22.6 Å². The number of hydrogen-bond donors (Lipinski definition) is 1. The molecule has 2 fully saturated rings. The summed E-state index contributed by atoms with van der Waals surface area (Å²) in [7, 11) is 0. The molecule has 5 atom stereocenters. The third-order valence-electron chi connectivity index (χ3n) is 9.85. The summed E-state index contributed by atoms with van der Waals surface area (Å²) < 4.78 is 8.11. The maximum absolute atomic E-state index is 13.2. The maximum Gasteiger partial charge on any atom is 0.311 e. The van der Waals surface area contributed by atoms with Crippen LogP contribution in [0.4, 0.5) is 0 Å². The number of carbonyl (C=O) groups excluding carboxylic acids is 2. The highest BCUT2D eigenvalue weighted by Crippen LogP contribution is 2.60. The van der Waals surface area contributed by atoms with Gasteiger partial charge in [0.15, 0.2) is 0 Å². The normalized spacial score (nSPS) is 26.8. The minimum absolute atomic E-state index is 0.0198. The van der Waals surface area contributed by atoms with E-state index in [2.05, 4.69) is 17.6 Å². The molecule has 0 saturated heterocycles. The summed E-state index contributed by atoms with van der Waals surface area (Å²) in [5, 5.41) is 10.6. The molecule has 2 saturated carbocycles. The van der Waals surface area contributed by atoms with E-state index in [0.717, 1.165) is 56.0 Å². The molecule has 0 radical (unpaired) electrons. The Kier molecular flexibility index (Phi) is 8.90. The number of aliphatic hydroxyl groups is 1. The molecule has 2 aromatic rings. The van der Waals surface area contributed by atoms with E-state index in [1.807, 2.05) is 56.3 Å². The van der Waals surface area contributed by atoms with Crippen LogP contribution < -0.4 is 4.74 Å². The van der Waals surface area contributed by atoms with Gasteiger partial charge in [0.25, 0.3) is 0 Å². The van der Waals surface area contributed by atoms with Gasteiger partial charge in [-0.1, -0.05) is 43.3 Å². The molecule has 7 nitrogen and oxygen atoms in total. The van der Waals surface area contributed by atoms with E-state index >= 15 is 0 Å². The molecular formula is C33H42N2O5S. The number of esters is 1. The second kappa shape index (κ2) is 12.3. The van der Waals surface area contributed by atoms with Crippen LogP contribution in [0.2, 0.25) is 0 Å². The van der Waals surface area contributed by atoms with Crippen LogP contribution in [0.5, 0.6) is 5.75 Å². The van der Waals surface area contributed by atoms with E-state index in [1.165, 1.54) is 11.1 Å². The molecule has 0 heterocycles. The van der Waals surface area contributed by atoms with Crippen molar-refractivity contribution in [1.29, 1.82) is 0 Å². The van der Waals surface area contributed by atoms with Gasteiger partial charge < -0.3 is 14.7 Å². The predicted molar refractivity (Wildman–Crippen MR) is 161 cm³/mol. The van der Waals surface area contributed by atoms with Gasteiger partial charge in [0, 0.05) is 36.0 Å². The number of aliphatic hydroxyl groups excluding tert-OH is 1. The molecule has 220 valence electrons. The van der Waals surface area contributed by atoms with Crippen LogP contribution in [0.15, 0.2) is 53.1 Å². The number of rotatable bonds is 10. The predicted octanol–water partition coefficient (Wildman–Crippen LogP) is 6.81. The number of ether oxygens (including phenoxy) is 1. The van der Waals surface area contributed by atoms with E-state index in [4.69, 9.17) is 4.74 Å². The number of hydrogen-bond acceptors (Lipinski definition) is 7. The van der Waals surface area contributed by atoms with Crippen molar-refractivity contribution >= 4 is 23.8 Å². The largest absolute Gasteiger partial charge is 0.427 e. The Labute approximate surface area is 247 Å². The molecule has 3 aliphatic rings. The van der Waals surface area contributed by atoms with Gasteiger partial charge >= 0.3 is 5.97 Å². The summed E-state index contributed by atoms with van der Waals surface area (Å²) in [4.78, 5) is 38.6. The van der Waals surface area contributed by atoms with Crippen LogP contribution >= 0.6 is 11.9 Å². The van der Waals surface area contributed by atoms with Gasteiger partial charge in [0.1, 0.15) is 5.75 Å². The molecule has 0 aromatic heterocycles. The van der Waals surface area contributed by atoms with E-state index in [0.29, 0.717) is 36.6 Å². The van der Waals surface area contributed by atoms with Crippen LogP contribution in [0.25, 0.3) is 0 Å². The first kappa shape index (κ1) is 29.8. The average molecular weight is 579 g/mol. The highest BCUT2D eigenvalue weighted by atomic mass is 32.2. The summed E-state index contributed by atoms with van der Waals surface area (Å²) in [6.45, 7) is 6.76. The number of aryl methyl sites for hydroxylation is 1. The minimum atomic E-state index is -0.552. The highest BCUT2D eigenvalue weighted by Gasteiger charge is 2.54. The molecule has 2 aromatic carbocycles. The molecule has 5 rings (SSSR count). The van der Waals surface area contributed by atoms with Gasteiger partial charge in [-0.25, -0.2) is 0 Å². The number of fused-ring (bicyclic) bond motifs is 5. The van der Waals surface area contributed by atoms with Crippen molar-refractivity contribution in [1.82, 2.24) is 4.90 Å². The minimum Gasteiger partial charge on any atom is -0.427 e. The van der Waals surface area contributed by atoms with E-state index < -0.39 is 10.7 Å². The fraction of sp³-hybridized carbons (Fsp3) is 0.576. The fourth-order valence-electron chi connectivity index (χ4n) is 7.77. The Morgan fingerprint density at radius 3 is 2.63 bits per heavy atom. The van der Waals surface area contributed by atoms with Crippen molar-refractivity contribution in [3.8, 4) is 5.75 Å². The summed E-state index contributed by atoms with van der Waals surface area (Å²) in [5.41, 5.74) is 3.67. The Morgan fingerprint density at radius 1 is 1.10 bits per heavy atom. The Balaban J connectivity index is 1.19. The molecule has 3 aliphatic carbocycles. The van der Waals surface area contributed by atoms with Crippen molar-refractivity contribution in [2.75, 3.05) is 6.54 Å². The van der Waals surface area contributed by atoms with Crippen LogP contribution in [0, 0.1) is 22.2 Å². The molecule has 0 aliphatic heterocycles. The Morgan fingerprint density at radius 2 is 1.88 bits per heavy atom. The smallest absolute Gasteiger partial charge is 0.311 e. The zero-order valence-electron chi connectivity index (χ0n) is 24.4. The van der Waals surface area contributed by atoms with E-state index in [1.54, 1.807) is 4.90 Å². The molecule has 1 N–H and O–H groups in total. The number of nitroso groups, excluding NO2 is 1. The van der Waals surface area contributed by atoms with Gasteiger partial charge in [-0.15, -0.1) is 4.91 Å². The summed E-state index contributed by atoms with van der Waals surface area (Å²) in [5.74, 6) is 1.65. The molecular weight excluding hydrogens is 536 g/mol. The lowest BCUT2D eigenvalue weighted by Gasteiger charge is -2.50. The summed E-state index contributed by atoms with van der Waals surface area (Å²) in [6.07, 6.45) is 6.11. The molecule has 41 heavy (non-hydrogen) atoms. The topological polar surface area (TPSA) is 96.3 Å². The molecule has 0 bridgehead atoms. The van der Waals surface area contributed by atoms with Crippen LogP contribution in [0.1, 0.15) is 88.3 Å². The number of amides is 1. The van der Waals surface area contributed by atoms with Crippen LogP contribution in [0.3, 0.4) is 0 Å². The second-order valence-electron chi connectivity index (χ2n) is 13.0. The van der Waals surface area contributed by atoms with Crippen molar-refractivity contribution in [2.24, 2.45) is 21.8 Å². The maximum atomic E-state index is 13.2. The molecule has 8 heteroatoms. The first-order valence-electron chi connectivity index (χ1n) is 14.9. The van der Waals surface area contributed by atoms with E-state index in [9.17, 15) is 19.6 Å². The highest BCUT2D eigenvalue weighted by molar-refractivity contribution is 7.99. The van der Waals surface area contributed by atoms with E-state index in [-0.39, 0.29) is 30.3 Å². The van der Waals surface area contributed by atoms with Gasteiger partial charge in [0.2, 0.25) is 5.91 Å². The number of nitrogens with zero attached hydrogens (tertiary/aromatic N) is 2. The first-order valence-corrected chi connectivity index (χ1v) is 15.7. The van der Waals surface area contributed by atoms with Crippen molar-refractivity contribution in [3.05, 3.63) is 70.1 Å². The third-order valence-corrected chi connectivity index (χ3v) is 10.5. The van der Waals surface area contributed by atoms with Crippen molar-refractivity contribution in [2.45, 2.75) is 95.5 Å². The standard InChI is InChI=1S/C33H42N2O5S/c1-32(2,41-34-39)21-35(20-22-7-5-4-6-8-22)30(37)15-16-31(38)40-24-10-12-25-23(19-24)9-11-27-26(25)17-18-33(3)28(27)13-14-29(33)36/h4-8,10,12,19,26-29,36H,9,11,13-18,20-21H2,1-3H3/t26-,27-,28+,29+,33+/m1/s1. The lowest BCUT2D eigenvalue weighted by Crippen LogP contribution is -2.43. The zero-order chi connectivity index (χ0) is 29.2. The molecule has 0 unspecified atom stereocenters. The van der Waals surface area contributed by atoms with Crippen LogP contribution in [-0.4, -0.2) is 39.3 Å². The zero-order valence-corrected chi connectivity index (χ0v) is 25.2. The Bertz CT molecular complexity index is 1270. The van der Waals surface area contributed by atoms with Gasteiger partial charge in [-0.2, -0.15) is 0 Å². The second-order valence-corrected chi connectivity index (χ2v) is 14.5. The summed E-state index contributed by atoms with van der Waals surface area (Å²) in [6, 6.07) is 15.7. The van der Waals surface area contributed by atoms with Crippen molar-refractivity contribution < 1.29 is 19.4 Å². The molecule has 0 spiro atoms. The number of benzene rings is 2. The SMILES string of the molecule is CC(C)(CN(Cc1ccccc1)C(=O)CCC(=O)Oc1ccc2c(c1)CC[C@@H]1[C@@H]2CC[C@]2(C)[C@@H](O)CC[C@@H]12)SN=O. The van der Waals surface area contributed by atoms with Crippen molar-refractivity contribution in [3.63, 3.8) is 0 Å².